The number of halogens is 1. The number of rotatable bonds is 9. The molecule has 162 valence electrons. The lowest BCUT2D eigenvalue weighted by atomic mass is 10.1. The number of benzene rings is 1. The van der Waals surface area contributed by atoms with E-state index >= 15 is 0 Å². The normalized spacial score (nSPS) is 12.0. The topological polar surface area (TPSA) is 83.4 Å². The quantitative estimate of drug-likeness (QED) is 0.283. The van der Waals surface area contributed by atoms with Crippen molar-refractivity contribution in [3.05, 3.63) is 45.9 Å². The molecule has 2 rings (SSSR count). The second kappa shape index (κ2) is 12.5. The molecule has 2 aromatic rings. The van der Waals surface area contributed by atoms with Crippen LogP contribution < -0.4 is 10.6 Å². The Hall–Kier alpha value is -1.20. The third-order valence-corrected chi connectivity index (χ3v) is 6.43. The molecule has 2 N–H and O–H groups in total. The van der Waals surface area contributed by atoms with Gasteiger partial charge in [-0.1, -0.05) is 26.0 Å². The fraction of sp³-hybridized carbons (Fsp3) is 0.500. The van der Waals surface area contributed by atoms with Crippen LogP contribution >= 0.6 is 35.3 Å². The Morgan fingerprint density at radius 2 is 1.86 bits per heavy atom. The summed E-state index contributed by atoms with van der Waals surface area (Å²) in [5, 5.41) is 9.86. The first-order chi connectivity index (χ1) is 13.3. The van der Waals surface area contributed by atoms with Crippen molar-refractivity contribution in [2.24, 2.45) is 4.99 Å². The van der Waals surface area contributed by atoms with Gasteiger partial charge in [0.1, 0.15) is 0 Å². The largest absolute Gasteiger partial charge is 0.357 e. The van der Waals surface area contributed by atoms with Crippen LogP contribution in [0, 0.1) is 0 Å². The molecule has 9 heteroatoms. The van der Waals surface area contributed by atoms with Gasteiger partial charge in [-0.15, -0.1) is 35.3 Å². The van der Waals surface area contributed by atoms with Gasteiger partial charge in [0, 0.05) is 43.6 Å². The Labute approximate surface area is 195 Å². The maximum Gasteiger partial charge on any atom is 0.191 e. The van der Waals surface area contributed by atoms with E-state index in [4.69, 9.17) is 0 Å². The number of aromatic nitrogens is 1. The predicted octanol–water partition coefficient (Wildman–Crippen LogP) is 3.63. The SMILES string of the molecule is CCNC(=NCCc1csc(C(C)C)n1)NCCc1ccc(S(C)(=O)=O)cc1.I. The van der Waals surface area contributed by atoms with E-state index in [-0.39, 0.29) is 24.0 Å². The zero-order valence-electron chi connectivity index (χ0n) is 17.4. The lowest BCUT2D eigenvalue weighted by Gasteiger charge is -2.11. The minimum absolute atomic E-state index is 0. The predicted molar refractivity (Wildman–Crippen MR) is 133 cm³/mol. The molecule has 29 heavy (non-hydrogen) atoms. The average Bonchev–Trinajstić information content (AvgIpc) is 3.11. The first-order valence-electron chi connectivity index (χ1n) is 9.55. The summed E-state index contributed by atoms with van der Waals surface area (Å²) in [5.74, 6) is 1.25. The van der Waals surface area contributed by atoms with Gasteiger partial charge < -0.3 is 10.6 Å². The minimum Gasteiger partial charge on any atom is -0.357 e. The van der Waals surface area contributed by atoms with Gasteiger partial charge in [0.2, 0.25) is 0 Å². The first kappa shape index (κ1) is 25.8. The molecule has 0 atom stereocenters. The van der Waals surface area contributed by atoms with E-state index in [0.29, 0.717) is 17.4 Å². The molecule has 1 aromatic heterocycles. The van der Waals surface area contributed by atoms with Crippen molar-refractivity contribution >= 4 is 51.1 Å². The van der Waals surface area contributed by atoms with Crippen LogP contribution in [0.15, 0.2) is 39.5 Å². The summed E-state index contributed by atoms with van der Waals surface area (Å²) in [6, 6.07) is 7.03. The van der Waals surface area contributed by atoms with Gasteiger partial charge in [-0.05, 0) is 31.0 Å². The van der Waals surface area contributed by atoms with E-state index < -0.39 is 9.84 Å². The summed E-state index contributed by atoms with van der Waals surface area (Å²) in [5.41, 5.74) is 2.18. The van der Waals surface area contributed by atoms with Gasteiger partial charge in [0.05, 0.1) is 15.6 Å². The molecule has 1 aromatic carbocycles. The highest BCUT2D eigenvalue weighted by molar-refractivity contribution is 14.0. The summed E-state index contributed by atoms with van der Waals surface area (Å²) in [6.07, 6.45) is 2.84. The smallest absolute Gasteiger partial charge is 0.191 e. The molecular formula is C20H31IN4O2S2. The zero-order chi connectivity index (χ0) is 20.6. The third kappa shape index (κ3) is 9.00. The van der Waals surface area contributed by atoms with Crippen LogP contribution in [-0.4, -0.2) is 45.3 Å². The molecule has 0 unspecified atom stereocenters. The highest BCUT2D eigenvalue weighted by Gasteiger charge is 2.07. The van der Waals surface area contributed by atoms with Gasteiger partial charge in [-0.3, -0.25) is 4.99 Å². The summed E-state index contributed by atoms with van der Waals surface area (Å²) < 4.78 is 23.0. The number of guanidine groups is 1. The van der Waals surface area contributed by atoms with E-state index in [0.717, 1.165) is 43.1 Å². The third-order valence-electron chi connectivity index (χ3n) is 4.10. The second-order valence-electron chi connectivity index (χ2n) is 6.94. The number of hydrogen-bond donors (Lipinski definition) is 2. The lowest BCUT2D eigenvalue weighted by Crippen LogP contribution is -2.38. The molecule has 0 aliphatic rings. The average molecular weight is 551 g/mol. The number of nitrogens with one attached hydrogen (secondary N) is 2. The van der Waals surface area contributed by atoms with Crippen LogP contribution in [0.25, 0.3) is 0 Å². The maximum atomic E-state index is 11.5. The zero-order valence-corrected chi connectivity index (χ0v) is 21.4. The fourth-order valence-electron chi connectivity index (χ4n) is 2.56. The Morgan fingerprint density at radius 1 is 1.17 bits per heavy atom. The maximum absolute atomic E-state index is 11.5. The first-order valence-corrected chi connectivity index (χ1v) is 12.3. The van der Waals surface area contributed by atoms with Crippen molar-refractivity contribution in [3.63, 3.8) is 0 Å². The second-order valence-corrected chi connectivity index (χ2v) is 9.84. The monoisotopic (exact) mass is 550 g/mol. The Kier molecular flexibility index (Phi) is 11.1. The van der Waals surface area contributed by atoms with Crippen LogP contribution in [0.2, 0.25) is 0 Å². The highest BCUT2D eigenvalue weighted by atomic mass is 127. The number of aliphatic imine (C=N–C) groups is 1. The molecule has 0 aliphatic carbocycles. The van der Waals surface area contributed by atoms with Crippen molar-refractivity contribution < 1.29 is 8.42 Å². The van der Waals surface area contributed by atoms with Crippen LogP contribution in [0.1, 0.15) is 43.0 Å². The Morgan fingerprint density at radius 3 is 2.41 bits per heavy atom. The van der Waals surface area contributed by atoms with Gasteiger partial charge >= 0.3 is 0 Å². The molecule has 1 heterocycles. The van der Waals surface area contributed by atoms with Crippen LogP contribution in [0.5, 0.6) is 0 Å². The van der Waals surface area contributed by atoms with Crippen molar-refractivity contribution in [3.8, 4) is 0 Å². The fourth-order valence-corrected chi connectivity index (χ4v) is 4.06. The Balaban J connectivity index is 0.00000420. The van der Waals surface area contributed by atoms with Gasteiger partial charge in [0.15, 0.2) is 15.8 Å². The molecule has 0 spiro atoms. The number of nitrogens with zero attached hydrogens (tertiary/aromatic N) is 2. The molecule has 0 saturated carbocycles. The lowest BCUT2D eigenvalue weighted by molar-refractivity contribution is 0.602. The molecule has 0 amide bonds. The number of hydrogen-bond acceptors (Lipinski definition) is 5. The molecule has 0 fully saturated rings. The van der Waals surface area contributed by atoms with E-state index in [1.54, 1.807) is 23.5 Å². The van der Waals surface area contributed by atoms with E-state index in [1.807, 2.05) is 19.1 Å². The van der Waals surface area contributed by atoms with Gasteiger partial charge in [-0.2, -0.15) is 0 Å². The molecule has 0 aliphatic heterocycles. The summed E-state index contributed by atoms with van der Waals surface area (Å²) in [6.45, 7) is 8.54. The standard InChI is InChI=1S/C20H30N4O2S2.HI/c1-5-21-20(23-13-11-17-14-27-19(24-17)15(2)3)22-12-10-16-6-8-18(9-7-16)28(4,25)26;/h6-9,14-15H,5,10-13H2,1-4H3,(H2,21,22,23);1H. The highest BCUT2D eigenvalue weighted by Crippen LogP contribution is 2.19. The summed E-state index contributed by atoms with van der Waals surface area (Å²) in [7, 11) is -3.15. The Bertz CT molecular complexity index is 878. The van der Waals surface area contributed by atoms with Crippen molar-refractivity contribution in [2.45, 2.75) is 44.4 Å². The van der Waals surface area contributed by atoms with Crippen LogP contribution in [0.3, 0.4) is 0 Å². The number of thiazole rings is 1. The van der Waals surface area contributed by atoms with E-state index in [9.17, 15) is 8.42 Å². The molecule has 0 saturated heterocycles. The summed E-state index contributed by atoms with van der Waals surface area (Å²) in [4.78, 5) is 9.61. The number of sulfone groups is 1. The van der Waals surface area contributed by atoms with Crippen molar-refractivity contribution in [1.29, 1.82) is 0 Å². The van der Waals surface area contributed by atoms with Crippen molar-refractivity contribution in [2.75, 3.05) is 25.9 Å². The van der Waals surface area contributed by atoms with E-state index in [1.165, 1.54) is 11.3 Å². The molecular weight excluding hydrogens is 519 g/mol. The molecule has 0 radical (unpaired) electrons. The van der Waals surface area contributed by atoms with Gasteiger partial charge in [-0.25, -0.2) is 13.4 Å². The van der Waals surface area contributed by atoms with Gasteiger partial charge in [0.25, 0.3) is 0 Å². The van der Waals surface area contributed by atoms with Crippen LogP contribution in [0.4, 0.5) is 0 Å². The molecule has 6 nitrogen and oxygen atoms in total. The minimum atomic E-state index is -3.15. The van der Waals surface area contributed by atoms with Crippen LogP contribution in [-0.2, 0) is 22.7 Å². The van der Waals surface area contributed by atoms with Crippen molar-refractivity contribution in [1.82, 2.24) is 15.6 Å². The van der Waals surface area contributed by atoms with E-state index in [2.05, 4.69) is 39.8 Å². The summed E-state index contributed by atoms with van der Waals surface area (Å²) >= 11 is 1.71. The molecule has 0 bridgehead atoms.